The molecule has 0 aliphatic rings. The molecule has 1 heterocycles. The molecule has 1 rings (SSSR count). The van der Waals surface area contributed by atoms with E-state index in [1.54, 1.807) is 17.4 Å². The minimum atomic E-state index is -0.295. The second-order valence-electron chi connectivity index (χ2n) is 2.13. The molecule has 0 unspecified atom stereocenters. The molecule has 58 valence electrons. The van der Waals surface area contributed by atoms with E-state index in [0.29, 0.717) is 6.42 Å². The quantitative estimate of drug-likeness (QED) is 0.730. The fourth-order valence-corrected chi connectivity index (χ4v) is 1.31. The van der Waals surface area contributed by atoms with Gasteiger partial charge in [0.1, 0.15) is 0 Å². The summed E-state index contributed by atoms with van der Waals surface area (Å²) in [6, 6.07) is 1.99. The first-order valence-electron chi connectivity index (χ1n) is 3.26. The minimum Gasteiger partial charge on any atom is -0.369 e. The number of hydrogen-bond acceptors (Lipinski definition) is 2. The average molecular weight is 167 g/mol. The highest BCUT2D eigenvalue weighted by molar-refractivity contribution is 7.08. The third kappa shape index (κ3) is 3.00. The van der Waals surface area contributed by atoms with Crippen LogP contribution in [0.2, 0.25) is 0 Å². The SMILES string of the molecule is NC(=O)CC=Cc1ccsc1. The van der Waals surface area contributed by atoms with Gasteiger partial charge in [-0.3, -0.25) is 4.79 Å². The fraction of sp³-hybridized carbons (Fsp3) is 0.125. The topological polar surface area (TPSA) is 43.1 Å². The van der Waals surface area contributed by atoms with Crippen LogP contribution in [-0.2, 0) is 4.79 Å². The molecular weight excluding hydrogens is 158 g/mol. The van der Waals surface area contributed by atoms with Gasteiger partial charge in [0.2, 0.25) is 5.91 Å². The molecule has 0 aliphatic carbocycles. The van der Waals surface area contributed by atoms with Crippen molar-refractivity contribution in [1.29, 1.82) is 0 Å². The van der Waals surface area contributed by atoms with Crippen LogP contribution in [-0.4, -0.2) is 5.91 Å². The zero-order valence-corrected chi connectivity index (χ0v) is 6.80. The van der Waals surface area contributed by atoms with E-state index in [1.807, 2.05) is 22.9 Å². The summed E-state index contributed by atoms with van der Waals surface area (Å²) >= 11 is 1.63. The van der Waals surface area contributed by atoms with Crippen molar-refractivity contribution >= 4 is 23.3 Å². The van der Waals surface area contributed by atoms with Crippen LogP contribution in [0, 0.1) is 0 Å². The van der Waals surface area contributed by atoms with Gasteiger partial charge >= 0.3 is 0 Å². The van der Waals surface area contributed by atoms with Crippen molar-refractivity contribution in [2.45, 2.75) is 6.42 Å². The molecule has 1 aromatic rings. The lowest BCUT2D eigenvalue weighted by molar-refractivity contribution is -0.117. The summed E-state index contributed by atoms with van der Waals surface area (Å²) in [5.41, 5.74) is 6.07. The first-order chi connectivity index (χ1) is 5.29. The molecule has 2 nitrogen and oxygen atoms in total. The van der Waals surface area contributed by atoms with E-state index >= 15 is 0 Å². The van der Waals surface area contributed by atoms with Gasteiger partial charge in [0.15, 0.2) is 0 Å². The van der Waals surface area contributed by atoms with Gasteiger partial charge in [0, 0.05) is 6.42 Å². The summed E-state index contributed by atoms with van der Waals surface area (Å²) in [6.07, 6.45) is 3.97. The van der Waals surface area contributed by atoms with E-state index in [1.165, 1.54) is 0 Å². The van der Waals surface area contributed by atoms with Crippen molar-refractivity contribution in [3.05, 3.63) is 28.5 Å². The summed E-state index contributed by atoms with van der Waals surface area (Å²) in [7, 11) is 0. The average Bonchev–Trinajstić information content (AvgIpc) is 2.39. The van der Waals surface area contributed by atoms with E-state index in [9.17, 15) is 4.79 Å². The molecule has 1 aromatic heterocycles. The fourth-order valence-electron chi connectivity index (χ4n) is 0.681. The van der Waals surface area contributed by atoms with Crippen molar-refractivity contribution in [2.75, 3.05) is 0 Å². The molecule has 0 spiro atoms. The normalized spacial score (nSPS) is 10.5. The van der Waals surface area contributed by atoms with E-state index in [-0.39, 0.29) is 5.91 Å². The van der Waals surface area contributed by atoms with Crippen LogP contribution in [0.25, 0.3) is 6.08 Å². The lowest BCUT2D eigenvalue weighted by atomic mass is 10.3. The largest absolute Gasteiger partial charge is 0.369 e. The number of carbonyl (C=O) groups excluding carboxylic acids is 1. The Labute approximate surface area is 69.3 Å². The summed E-state index contributed by atoms with van der Waals surface area (Å²) < 4.78 is 0. The van der Waals surface area contributed by atoms with E-state index in [2.05, 4.69) is 0 Å². The maximum Gasteiger partial charge on any atom is 0.221 e. The molecule has 0 radical (unpaired) electrons. The third-order valence-electron chi connectivity index (χ3n) is 1.17. The smallest absolute Gasteiger partial charge is 0.221 e. The van der Waals surface area contributed by atoms with Gasteiger partial charge in [-0.05, 0) is 22.4 Å². The number of nitrogens with two attached hydrogens (primary N) is 1. The molecule has 0 aromatic carbocycles. The highest BCUT2D eigenvalue weighted by Gasteiger charge is 1.87. The summed E-state index contributed by atoms with van der Waals surface area (Å²) in [6.45, 7) is 0. The molecule has 0 saturated heterocycles. The monoisotopic (exact) mass is 167 g/mol. The van der Waals surface area contributed by atoms with Gasteiger partial charge in [-0.2, -0.15) is 11.3 Å². The Morgan fingerprint density at radius 3 is 3.09 bits per heavy atom. The predicted molar refractivity (Wildman–Crippen MR) is 47.2 cm³/mol. The highest BCUT2D eigenvalue weighted by atomic mass is 32.1. The molecule has 0 atom stereocenters. The van der Waals surface area contributed by atoms with Crippen molar-refractivity contribution in [2.24, 2.45) is 5.73 Å². The maximum absolute atomic E-state index is 10.3. The number of rotatable bonds is 3. The summed E-state index contributed by atoms with van der Waals surface area (Å²) in [4.78, 5) is 10.3. The van der Waals surface area contributed by atoms with Crippen LogP contribution in [0.4, 0.5) is 0 Å². The Kier molecular flexibility index (Phi) is 2.86. The van der Waals surface area contributed by atoms with Gasteiger partial charge in [0.25, 0.3) is 0 Å². The standard InChI is InChI=1S/C8H9NOS/c9-8(10)3-1-2-7-4-5-11-6-7/h1-2,4-6H,3H2,(H2,9,10). The van der Waals surface area contributed by atoms with Crippen molar-refractivity contribution in [3.63, 3.8) is 0 Å². The van der Waals surface area contributed by atoms with Crippen LogP contribution < -0.4 is 5.73 Å². The minimum absolute atomic E-state index is 0.295. The van der Waals surface area contributed by atoms with E-state index in [4.69, 9.17) is 5.73 Å². The van der Waals surface area contributed by atoms with Gasteiger partial charge < -0.3 is 5.73 Å². The van der Waals surface area contributed by atoms with Crippen molar-refractivity contribution in [3.8, 4) is 0 Å². The molecular formula is C8H9NOS. The number of hydrogen-bond donors (Lipinski definition) is 1. The molecule has 0 bridgehead atoms. The second kappa shape index (κ2) is 3.93. The van der Waals surface area contributed by atoms with Crippen LogP contribution in [0.1, 0.15) is 12.0 Å². The third-order valence-corrected chi connectivity index (χ3v) is 1.87. The Bertz CT molecular complexity index is 251. The van der Waals surface area contributed by atoms with Crippen molar-refractivity contribution in [1.82, 2.24) is 0 Å². The molecule has 11 heavy (non-hydrogen) atoms. The lowest BCUT2D eigenvalue weighted by Crippen LogP contribution is -2.07. The summed E-state index contributed by atoms with van der Waals surface area (Å²) in [5.74, 6) is -0.295. The first kappa shape index (κ1) is 8.01. The molecule has 1 amide bonds. The van der Waals surface area contributed by atoms with Crippen LogP contribution in [0.5, 0.6) is 0 Å². The molecule has 0 fully saturated rings. The Morgan fingerprint density at radius 1 is 1.73 bits per heavy atom. The number of primary amides is 1. The van der Waals surface area contributed by atoms with Crippen LogP contribution in [0.15, 0.2) is 22.9 Å². The molecule has 0 aliphatic heterocycles. The van der Waals surface area contributed by atoms with E-state index in [0.717, 1.165) is 5.56 Å². The molecule has 3 heteroatoms. The van der Waals surface area contributed by atoms with Crippen LogP contribution >= 0.6 is 11.3 Å². The van der Waals surface area contributed by atoms with E-state index < -0.39 is 0 Å². The molecule has 2 N–H and O–H groups in total. The number of thiophene rings is 1. The number of amides is 1. The van der Waals surface area contributed by atoms with Crippen LogP contribution in [0.3, 0.4) is 0 Å². The predicted octanol–water partition coefficient (Wildman–Crippen LogP) is 1.64. The van der Waals surface area contributed by atoms with Crippen molar-refractivity contribution < 1.29 is 4.79 Å². The highest BCUT2D eigenvalue weighted by Crippen LogP contribution is 2.07. The zero-order valence-electron chi connectivity index (χ0n) is 5.99. The van der Waals surface area contributed by atoms with Gasteiger partial charge in [-0.25, -0.2) is 0 Å². The zero-order chi connectivity index (χ0) is 8.10. The Morgan fingerprint density at radius 2 is 2.55 bits per heavy atom. The Balaban J connectivity index is 2.43. The maximum atomic E-state index is 10.3. The number of carbonyl (C=O) groups is 1. The lowest BCUT2D eigenvalue weighted by Gasteiger charge is -1.83. The first-order valence-corrected chi connectivity index (χ1v) is 4.20. The van der Waals surface area contributed by atoms with Gasteiger partial charge in [-0.15, -0.1) is 0 Å². The Hall–Kier alpha value is -1.09. The summed E-state index contributed by atoms with van der Waals surface area (Å²) in [5, 5.41) is 4.00. The molecule has 0 saturated carbocycles. The van der Waals surface area contributed by atoms with Gasteiger partial charge in [-0.1, -0.05) is 12.2 Å². The van der Waals surface area contributed by atoms with Gasteiger partial charge in [0.05, 0.1) is 0 Å². The second-order valence-corrected chi connectivity index (χ2v) is 2.91.